The molecule has 1 aromatic rings. The van der Waals surface area contributed by atoms with Crippen molar-refractivity contribution < 1.29 is 14.3 Å². The summed E-state index contributed by atoms with van der Waals surface area (Å²) in [6.07, 6.45) is 1.48. The van der Waals surface area contributed by atoms with Gasteiger partial charge in [-0.1, -0.05) is 6.07 Å². The number of anilines is 2. The van der Waals surface area contributed by atoms with Crippen LogP contribution in [0.3, 0.4) is 0 Å². The first-order valence-corrected chi connectivity index (χ1v) is 7.26. The van der Waals surface area contributed by atoms with Crippen LogP contribution in [0.4, 0.5) is 11.4 Å². The van der Waals surface area contributed by atoms with Gasteiger partial charge in [-0.3, -0.25) is 9.59 Å². The summed E-state index contributed by atoms with van der Waals surface area (Å²) >= 11 is 0. The van der Waals surface area contributed by atoms with Gasteiger partial charge in [-0.25, -0.2) is 0 Å². The molecule has 0 aromatic heterocycles. The van der Waals surface area contributed by atoms with Gasteiger partial charge >= 0.3 is 0 Å². The van der Waals surface area contributed by atoms with Crippen molar-refractivity contribution in [2.75, 3.05) is 36.5 Å². The molecule has 2 amide bonds. The fourth-order valence-corrected chi connectivity index (χ4v) is 2.64. The Morgan fingerprint density at radius 1 is 1.41 bits per heavy atom. The van der Waals surface area contributed by atoms with E-state index in [0.29, 0.717) is 31.9 Å². The standard InChI is InChI=1S/C15H19N3O3.ClH/c19-14-5-2-7-18(14)12-4-1-3-11(9-12)17-15(20)13-10-21-8-6-16-13;/h1,3-4,9,13,16H,2,5-8,10H2,(H,17,20);1H. The van der Waals surface area contributed by atoms with E-state index in [2.05, 4.69) is 10.6 Å². The Morgan fingerprint density at radius 2 is 2.27 bits per heavy atom. The van der Waals surface area contributed by atoms with E-state index in [0.717, 1.165) is 18.7 Å². The van der Waals surface area contributed by atoms with E-state index in [-0.39, 0.29) is 30.3 Å². The number of morpholine rings is 1. The number of ether oxygens (including phenoxy) is 1. The molecule has 0 spiro atoms. The Hall–Kier alpha value is -1.63. The van der Waals surface area contributed by atoms with Gasteiger partial charge in [0.05, 0.1) is 13.2 Å². The number of rotatable bonds is 3. The number of nitrogens with one attached hydrogen (secondary N) is 2. The molecule has 0 saturated carbocycles. The molecule has 6 nitrogen and oxygen atoms in total. The molecule has 2 saturated heterocycles. The summed E-state index contributed by atoms with van der Waals surface area (Å²) in [5.74, 6) is 0.0282. The molecule has 1 aromatic carbocycles. The Bertz CT molecular complexity index is 547. The van der Waals surface area contributed by atoms with E-state index < -0.39 is 0 Å². The van der Waals surface area contributed by atoms with Crippen molar-refractivity contribution in [3.05, 3.63) is 24.3 Å². The van der Waals surface area contributed by atoms with Crippen LogP contribution < -0.4 is 15.5 Å². The molecule has 2 aliphatic heterocycles. The zero-order valence-electron chi connectivity index (χ0n) is 12.2. The average molecular weight is 326 g/mol. The Kier molecular flexibility index (Phi) is 5.76. The van der Waals surface area contributed by atoms with Crippen LogP contribution in [0, 0.1) is 0 Å². The molecule has 22 heavy (non-hydrogen) atoms. The second-order valence-corrected chi connectivity index (χ2v) is 5.27. The predicted molar refractivity (Wildman–Crippen MR) is 86.5 cm³/mol. The number of carbonyl (C=O) groups excluding carboxylic acids is 2. The summed E-state index contributed by atoms with van der Waals surface area (Å²) < 4.78 is 5.28. The lowest BCUT2D eigenvalue weighted by molar-refractivity contribution is -0.120. The third-order valence-electron chi connectivity index (χ3n) is 3.74. The maximum Gasteiger partial charge on any atom is 0.243 e. The van der Waals surface area contributed by atoms with Gasteiger partial charge in [0.15, 0.2) is 0 Å². The predicted octanol–water partition coefficient (Wildman–Crippen LogP) is 1.16. The molecule has 2 heterocycles. The van der Waals surface area contributed by atoms with Crippen LogP contribution in [0.25, 0.3) is 0 Å². The maximum absolute atomic E-state index is 12.1. The highest BCUT2D eigenvalue weighted by atomic mass is 35.5. The molecule has 7 heteroatoms. The molecule has 1 atom stereocenters. The first kappa shape index (κ1) is 16.7. The molecule has 120 valence electrons. The third-order valence-corrected chi connectivity index (χ3v) is 3.74. The van der Waals surface area contributed by atoms with E-state index >= 15 is 0 Å². The smallest absolute Gasteiger partial charge is 0.243 e. The summed E-state index contributed by atoms with van der Waals surface area (Å²) in [4.78, 5) is 25.7. The first-order valence-electron chi connectivity index (χ1n) is 7.26. The van der Waals surface area contributed by atoms with Crippen molar-refractivity contribution in [3.63, 3.8) is 0 Å². The quantitative estimate of drug-likeness (QED) is 0.875. The summed E-state index contributed by atoms with van der Waals surface area (Å²) in [6.45, 7) is 2.45. The van der Waals surface area contributed by atoms with Crippen molar-refractivity contribution in [2.24, 2.45) is 0 Å². The Labute approximate surface area is 135 Å². The zero-order chi connectivity index (χ0) is 14.7. The first-order chi connectivity index (χ1) is 10.2. The van der Waals surface area contributed by atoms with E-state index in [9.17, 15) is 9.59 Å². The summed E-state index contributed by atoms with van der Waals surface area (Å²) in [5.41, 5.74) is 1.53. The number of hydrogen-bond donors (Lipinski definition) is 2. The number of amides is 2. The minimum atomic E-state index is -0.323. The van der Waals surface area contributed by atoms with E-state index in [1.165, 1.54) is 0 Å². The monoisotopic (exact) mass is 325 g/mol. The third kappa shape index (κ3) is 3.76. The van der Waals surface area contributed by atoms with Crippen molar-refractivity contribution in [1.29, 1.82) is 0 Å². The SMILES string of the molecule is Cl.O=C(Nc1cccc(N2CCCC2=O)c1)C1COCCN1. The highest BCUT2D eigenvalue weighted by molar-refractivity contribution is 5.98. The molecule has 2 fully saturated rings. The van der Waals surface area contributed by atoms with Crippen molar-refractivity contribution >= 4 is 35.6 Å². The topological polar surface area (TPSA) is 70.7 Å². The van der Waals surface area contributed by atoms with Crippen molar-refractivity contribution in [1.82, 2.24) is 5.32 Å². The Balaban J connectivity index is 0.00000176. The molecule has 3 rings (SSSR count). The van der Waals surface area contributed by atoms with Gasteiger partial charge in [0, 0.05) is 30.9 Å². The van der Waals surface area contributed by atoms with Crippen LogP contribution in [0.15, 0.2) is 24.3 Å². The maximum atomic E-state index is 12.1. The van der Waals surface area contributed by atoms with Crippen LogP contribution in [-0.4, -0.2) is 44.2 Å². The van der Waals surface area contributed by atoms with Gasteiger partial charge in [0.1, 0.15) is 6.04 Å². The highest BCUT2D eigenvalue weighted by Crippen LogP contribution is 2.24. The minimum Gasteiger partial charge on any atom is -0.378 e. The minimum absolute atomic E-state index is 0. The molecule has 0 aliphatic carbocycles. The van der Waals surface area contributed by atoms with Crippen LogP contribution in [0.5, 0.6) is 0 Å². The molecular weight excluding hydrogens is 306 g/mol. The van der Waals surface area contributed by atoms with Gasteiger partial charge in [-0.15, -0.1) is 12.4 Å². The van der Waals surface area contributed by atoms with Gasteiger partial charge in [-0.05, 0) is 24.6 Å². The van der Waals surface area contributed by atoms with Gasteiger partial charge in [0.2, 0.25) is 11.8 Å². The van der Waals surface area contributed by atoms with Crippen LogP contribution in [0.2, 0.25) is 0 Å². The van der Waals surface area contributed by atoms with Crippen LogP contribution >= 0.6 is 12.4 Å². The van der Waals surface area contributed by atoms with Crippen LogP contribution in [0.1, 0.15) is 12.8 Å². The van der Waals surface area contributed by atoms with Gasteiger partial charge < -0.3 is 20.3 Å². The fourth-order valence-electron chi connectivity index (χ4n) is 2.64. The second-order valence-electron chi connectivity index (χ2n) is 5.27. The highest BCUT2D eigenvalue weighted by Gasteiger charge is 2.23. The molecule has 1 unspecified atom stereocenters. The zero-order valence-corrected chi connectivity index (χ0v) is 13.0. The van der Waals surface area contributed by atoms with Crippen LogP contribution in [-0.2, 0) is 14.3 Å². The molecule has 0 radical (unpaired) electrons. The number of benzene rings is 1. The number of nitrogens with zero attached hydrogens (tertiary/aromatic N) is 1. The number of halogens is 1. The number of hydrogen-bond acceptors (Lipinski definition) is 4. The average Bonchev–Trinajstić information content (AvgIpc) is 2.94. The van der Waals surface area contributed by atoms with E-state index in [4.69, 9.17) is 4.74 Å². The lowest BCUT2D eigenvalue weighted by Gasteiger charge is -2.23. The van der Waals surface area contributed by atoms with E-state index in [1.54, 1.807) is 4.90 Å². The molecule has 2 N–H and O–H groups in total. The summed E-state index contributed by atoms with van der Waals surface area (Å²) in [5, 5.41) is 5.99. The lowest BCUT2D eigenvalue weighted by atomic mass is 10.2. The Morgan fingerprint density at radius 3 is 2.95 bits per heavy atom. The molecular formula is C15H20ClN3O3. The summed E-state index contributed by atoms with van der Waals surface area (Å²) in [6, 6.07) is 7.08. The largest absolute Gasteiger partial charge is 0.378 e. The van der Waals surface area contributed by atoms with Gasteiger partial charge in [0.25, 0.3) is 0 Å². The van der Waals surface area contributed by atoms with Gasteiger partial charge in [-0.2, -0.15) is 0 Å². The fraction of sp³-hybridized carbons (Fsp3) is 0.467. The van der Waals surface area contributed by atoms with Crippen molar-refractivity contribution in [2.45, 2.75) is 18.9 Å². The second kappa shape index (κ2) is 7.58. The van der Waals surface area contributed by atoms with Crippen molar-refractivity contribution in [3.8, 4) is 0 Å². The number of carbonyl (C=O) groups is 2. The lowest BCUT2D eigenvalue weighted by Crippen LogP contribution is -2.48. The molecule has 2 aliphatic rings. The normalized spacial score (nSPS) is 21.4. The summed E-state index contributed by atoms with van der Waals surface area (Å²) in [7, 11) is 0. The molecule has 0 bridgehead atoms. The van der Waals surface area contributed by atoms with E-state index in [1.807, 2.05) is 24.3 Å².